The number of nitrogen functional groups attached to an aromatic ring is 1. The molecule has 0 aliphatic heterocycles. The minimum Gasteiger partial charge on any atom is -0.384 e. The Kier molecular flexibility index (Phi) is 5.36. The van der Waals surface area contributed by atoms with E-state index in [1.165, 1.54) is 18.7 Å². The summed E-state index contributed by atoms with van der Waals surface area (Å²) in [6.45, 7) is 3.96. The molecule has 0 fully saturated rings. The molecule has 2 aromatic rings. The molecule has 0 radical (unpaired) electrons. The van der Waals surface area contributed by atoms with Crippen molar-refractivity contribution in [3.8, 4) is 0 Å². The number of thioether (sulfide) groups is 1. The summed E-state index contributed by atoms with van der Waals surface area (Å²) in [6.07, 6.45) is 0.726. The Hall–Kier alpha value is -2.56. The molecule has 2 rings (SSSR count). The molecule has 0 aliphatic carbocycles. The molecule has 2 heterocycles. The van der Waals surface area contributed by atoms with Crippen LogP contribution in [-0.4, -0.2) is 34.9 Å². The van der Waals surface area contributed by atoms with E-state index >= 15 is 0 Å². The van der Waals surface area contributed by atoms with Gasteiger partial charge in [0, 0.05) is 20.6 Å². The first-order valence-electron chi connectivity index (χ1n) is 7.62. The lowest BCUT2D eigenvalue weighted by atomic mass is 10.1. The lowest BCUT2D eigenvalue weighted by molar-refractivity contribution is 0.0992. The number of anilines is 1. The maximum Gasteiger partial charge on any atom is 0.343 e. The summed E-state index contributed by atoms with van der Waals surface area (Å²) in [6, 6.07) is 0. The average molecular weight is 368 g/mol. The van der Waals surface area contributed by atoms with Crippen molar-refractivity contribution in [2.45, 2.75) is 37.2 Å². The van der Waals surface area contributed by atoms with Gasteiger partial charge in [-0.25, -0.2) is 14.7 Å². The Morgan fingerprint density at radius 1 is 1.28 bits per heavy atom. The number of rotatable bonds is 6. The number of ketones is 1. The van der Waals surface area contributed by atoms with Gasteiger partial charge in [-0.1, -0.05) is 18.7 Å². The number of H-pyrrole nitrogens is 1. The van der Waals surface area contributed by atoms with Crippen LogP contribution in [0.15, 0.2) is 19.5 Å². The summed E-state index contributed by atoms with van der Waals surface area (Å²) in [5.74, 6) is -0.712. The topological polar surface area (TPSA) is 138 Å². The van der Waals surface area contributed by atoms with E-state index in [2.05, 4.69) is 10.2 Å². The molecule has 0 bridgehead atoms. The van der Waals surface area contributed by atoms with Gasteiger partial charge in [-0.05, 0) is 13.3 Å². The number of aromatic nitrogens is 5. The second-order valence-electron chi connectivity index (χ2n) is 5.55. The summed E-state index contributed by atoms with van der Waals surface area (Å²) in [5, 5.41) is 5.89. The molecule has 0 unspecified atom stereocenters. The van der Waals surface area contributed by atoms with Crippen LogP contribution < -0.4 is 22.7 Å². The zero-order valence-electron chi connectivity index (χ0n) is 14.4. The van der Waals surface area contributed by atoms with Crippen molar-refractivity contribution in [1.82, 2.24) is 23.9 Å². The average Bonchev–Trinajstić information content (AvgIpc) is 2.92. The quantitative estimate of drug-likeness (QED) is 0.509. The Morgan fingerprint density at radius 2 is 1.92 bits per heavy atom. The number of nitrogens with zero attached hydrogens (tertiary/aromatic N) is 4. The zero-order chi connectivity index (χ0) is 18.9. The molecule has 2 aromatic heterocycles. The van der Waals surface area contributed by atoms with E-state index in [4.69, 9.17) is 5.73 Å². The van der Waals surface area contributed by atoms with Gasteiger partial charge in [0.15, 0.2) is 10.9 Å². The zero-order valence-corrected chi connectivity index (χ0v) is 15.2. The first-order valence-corrected chi connectivity index (χ1v) is 8.50. The standard InChI is InChI=1S/C14H20N6O4S/c1-5-6-20-12(23)16-17-13(20)25-7(2)9(21)8-10(15)18(3)14(24)19(4)11(8)22/h7H,5-6,15H2,1-4H3,(H,16,23)/t7-/m1/s1. The van der Waals surface area contributed by atoms with Crippen LogP contribution in [0.25, 0.3) is 0 Å². The maximum atomic E-state index is 12.7. The van der Waals surface area contributed by atoms with Crippen LogP contribution in [0.4, 0.5) is 5.82 Å². The van der Waals surface area contributed by atoms with Crippen molar-refractivity contribution in [2.24, 2.45) is 14.1 Å². The van der Waals surface area contributed by atoms with Crippen LogP contribution in [0.5, 0.6) is 0 Å². The van der Waals surface area contributed by atoms with Crippen LogP contribution in [0.2, 0.25) is 0 Å². The number of Topliss-reactive ketones (excluding diaryl/α,β-unsaturated/α-hetero) is 1. The van der Waals surface area contributed by atoms with Gasteiger partial charge in [0.1, 0.15) is 11.4 Å². The molecule has 10 nitrogen and oxygen atoms in total. The van der Waals surface area contributed by atoms with Gasteiger partial charge in [-0.3, -0.25) is 23.3 Å². The van der Waals surface area contributed by atoms with E-state index in [0.717, 1.165) is 27.3 Å². The minimum absolute atomic E-state index is 0.182. The second kappa shape index (κ2) is 7.13. The fraction of sp³-hybridized carbons (Fsp3) is 0.500. The highest BCUT2D eigenvalue weighted by Gasteiger charge is 2.26. The molecule has 25 heavy (non-hydrogen) atoms. The molecule has 0 amide bonds. The number of hydrogen-bond donors (Lipinski definition) is 2. The lowest BCUT2D eigenvalue weighted by Crippen LogP contribution is -2.42. The van der Waals surface area contributed by atoms with Crippen LogP contribution >= 0.6 is 11.8 Å². The van der Waals surface area contributed by atoms with Crippen LogP contribution in [0.1, 0.15) is 30.6 Å². The van der Waals surface area contributed by atoms with Gasteiger partial charge in [-0.2, -0.15) is 0 Å². The van der Waals surface area contributed by atoms with Crippen molar-refractivity contribution in [2.75, 3.05) is 5.73 Å². The SMILES string of the molecule is CCCn1c(S[C@H](C)C(=O)c2c(N)n(C)c(=O)n(C)c2=O)n[nH]c1=O. The first kappa shape index (κ1) is 18.8. The molecule has 3 N–H and O–H groups in total. The second-order valence-corrected chi connectivity index (χ2v) is 6.86. The van der Waals surface area contributed by atoms with E-state index < -0.39 is 22.3 Å². The number of nitrogens with two attached hydrogens (primary N) is 1. The van der Waals surface area contributed by atoms with E-state index in [1.807, 2.05) is 6.92 Å². The number of aromatic amines is 1. The molecular weight excluding hydrogens is 348 g/mol. The number of hydrogen-bond acceptors (Lipinski definition) is 7. The minimum atomic E-state index is -0.744. The van der Waals surface area contributed by atoms with Crippen LogP contribution in [-0.2, 0) is 20.6 Å². The summed E-state index contributed by atoms with van der Waals surface area (Å²) in [5.41, 5.74) is 3.85. The van der Waals surface area contributed by atoms with Gasteiger partial charge < -0.3 is 5.73 Å². The molecule has 11 heteroatoms. The van der Waals surface area contributed by atoms with Crippen LogP contribution in [0, 0.1) is 0 Å². The first-order chi connectivity index (χ1) is 11.7. The molecular formula is C14H20N6O4S. The predicted molar refractivity (Wildman–Crippen MR) is 94.1 cm³/mol. The van der Waals surface area contributed by atoms with Gasteiger partial charge in [0.25, 0.3) is 5.56 Å². The monoisotopic (exact) mass is 368 g/mol. The van der Waals surface area contributed by atoms with Crippen molar-refractivity contribution < 1.29 is 4.79 Å². The highest BCUT2D eigenvalue weighted by Crippen LogP contribution is 2.23. The lowest BCUT2D eigenvalue weighted by Gasteiger charge is -2.14. The number of nitrogens with one attached hydrogen (secondary N) is 1. The Bertz CT molecular complexity index is 983. The summed E-state index contributed by atoms with van der Waals surface area (Å²) < 4.78 is 3.31. The molecule has 0 saturated heterocycles. The highest BCUT2D eigenvalue weighted by molar-refractivity contribution is 8.00. The third-order valence-electron chi connectivity index (χ3n) is 3.78. The van der Waals surface area contributed by atoms with E-state index in [0.29, 0.717) is 11.7 Å². The Balaban J connectivity index is 2.41. The smallest absolute Gasteiger partial charge is 0.343 e. The van der Waals surface area contributed by atoms with E-state index in [1.54, 1.807) is 6.92 Å². The van der Waals surface area contributed by atoms with E-state index in [9.17, 15) is 19.2 Å². The Labute approximate surface area is 146 Å². The number of carbonyl (C=O) groups is 1. The molecule has 136 valence electrons. The normalized spacial score (nSPS) is 12.3. The fourth-order valence-electron chi connectivity index (χ4n) is 2.32. The molecule has 0 saturated carbocycles. The van der Waals surface area contributed by atoms with Crippen molar-refractivity contribution in [3.05, 3.63) is 36.9 Å². The van der Waals surface area contributed by atoms with Gasteiger partial charge in [0.05, 0.1) is 5.25 Å². The van der Waals surface area contributed by atoms with Crippen molar-refractivity contribution in [1.29, 1.82) is 0 Å². The van der Waals surface area contributed by atoms with Crippen LogP contribution in [0.3, 0.4) is 0 Å². The molecule has 0 spiro atoms. The molecule has 0 aliphatic rings. The highest BCUT2D eigenvalue weighted by atomic mass is 32.2. The third-order valence-corrected chi connectivity index (χ3v) is 4.87. The Morgan fingerprint density at radius 3 is 2.52 bits per heavy atom. The molecule has 1 atom stereocenters. The van der Waals surface area contributed by atoms with Crippen molar-refractivity contribution in [3.63, 3.8) is 0 Å². The van der Waals surface area contributed by atoms with Crippen molar-refractivity contribution >= 4 is 23.4 Å². The number of carbonyl (C=O) groups excluding carboxylic acids is 1. The summed E-state index contributed by atoms with van der Waals surface area (Å²) in [7, 11) is 2.67. The van der Waals surface area contributed by atoms with Gasteiger partial charge in [0.2, 0.25) is 0 Å². The molecule has 0 aromatic carbocycles. The maximum absolute atomic E-state index is 12.7. The third kappa shape index (κ3) is 3.31. The summed E-state index contributed by atoms with van der Waals surface area (Å²) >= 11 is 1.05. The predicted octanol–water partition coefficient (Wildman–Crippen LogP) is -0.675. The largest absolute Gasteiger partial charge is 0.384 e. The van der Waals surface area contributed by atoms with E-state index in [-0.39, 0.29) is 17.1 Å². The van der Waals surface area contributed by atoms with Gasteiger partial charge in [-0.15, -0.1) is 5.10 Å². The van der Waals surface area contributed by atoms with Gasteiger partial charge >= 0.3 is 11.4 Å². The fourth-order valence-corrected chi connectivity index (χ4v) is 3.26. The summed E-state index contributed by atoms with van der Waals surface area (Å²) in [4.78, 5) is 48.6.